The van der Waals surface area contributed by atoms with Gasteiger partial charge < -0.3 is 25.0 Å². The second-order valence-electron chi connectivity index (χ2n) is 10.2. The molecule has 4 rings (SSSR count). The first-order valence-electron chi connectivity index (χ1n) is 12.0. The fourth-order valence-corrected chi connectivity index (χ4v) is 5.29. The van der Waals surface area contributed by atoms with E-state index in [1.165, 1.54) is 17.9 Å². The Morgan fingerprint density at radius 1 is 1.29 bits per heavy atom. The van der Waals surface area contributed by atoms with Gasteiger partial charge in [0.05, 0.1) is 30.6 Å². The molecule has 2 aromatic rings. The quantitative estimate of drug-likeness (QED) is 0.621. The van der Waals surface area contributed by atoms with Gasteiger partial charge in [-0.15, -0.1) is 0 Å². The molecule has 0 aliphatic carbocycles. The Balaban J connectivity index is 1.59. The summed E-state index contributed by atoms with van der Waals surface area (Å²) in [6, 6.07) is -0.958. The van der Waals surface area contributed by atoms with E-state index >= 15 is 0 Å². The average Bonchev–Trinajstić information content (AvgIpc) is 3.26. The Bertz CT molecular complexity index is 1190. The van der Waals surface area contributed by atoms with Crippen LogP contribution in [0.1, 0.15) is 58.4 Å². The predicted molar refractivity (Wildman–Crippen MR) is 126 cm³/mol. The zero-order valence-electron chi connectivity index (χ0n) is 20.5. The molecule has 11 nitrogen and oxygen atoms in total. The smallest absolute Gasteiger partial charge is 0.332 e. The van der Waals surface area contributed by atoms with E-state index in [9.17, 15) is 19.5 Å². The number of carbonyl (C=O) groups excluding carboxylic acids is 1. The van der Waals surface area contributed by atoms with Crippen molar-refractivity contribution in [2.75, 3.05) is 19.7 Å². The molecule has 0 aromatic carbocycles. The standard InChI is InChI=1S/C23H36N6O5/c1-5-6-7-15(24)19(30)28-10-8-23(9-11-28)12-16(22(2,33)13-34-23)29-14-25-18-17(29)20(31)27(4)21(32)26(18)3/h14-16,33H,5-13,24H2,1-4H3/t15-,16-,22-/m0/s1. The van der Waals surface area contributed by atoms with E-state index in [1.54, 1.807) is 18.5 Å². The van der Waals surface area contributed by atoms with Crippen molar-refractivity contribution in [2.24, 2.45) is 19.8 Å². The van der Waals surface area contributed by atoms with Gasteiger partial charge in [0.25, 0.3) is 5.56 Å². The molecule has 0 bridgehead atoms. The highest BCUT2D eigenvalue weighted by atomic mass is 16.5. The van der Waals surface area contributed by atoms with E-state index in [2.05, 4.69) is 11.9 Å². The van der Waals surface area contributed by atoms with Gasteiger partial charge in [0.1, 0.15) is 5.60 Å². The molecule has 2 saturated heterocycles. The molecule has 1 amide bonds. The molecule has 0 saturated carbocycles. The second kappa shape index (κ2) is 8.94. The highest BCUT2D eigenvalue weighted by molar-refractivity contribution is 5.81. The number of fused-ring (bicyclic) bond motifs is 1. The molecular weight excluding hydrogens is 440 g/mol. The number of ether oxygens (including phenoxy) is 1. The van der Waals surface area contributed by atoms with Crippen LogP contribution in [-0.4, -0.2) is 71.5 Å². The Morgan fingerprint density at radius 2 is 1.97 bits per heavy atom. The van der Waals surface area contributed by atoms with Crippen LogP contribution in [0.4, 0.5) is 0 Å². The average molecular weight is 477 g/mol. The number of amides is 1. The number of likely N-dealkylation sites (tertiary alicyclic amines) is 1. The maximum atomic E-state index is 13.0. The second-order valence-corrected chi connectivity index (χ2v) is 10.2. The highest BCUT2D eigenvalue weighted by Gasteiger charge is 2.50. The molecule has 0 unspecified atom stereocenters. The summed E-state index contributed by atoms with van der Waals surface area (Å²) in [5.41, 5.74) is 4.00. The first-order chi connectivity index (χ1) is 16.0. The van der Waals surface area contributed by atoms with Crippen LogP contribution < -0.4 is 17.0 Å². The minimum Gasteiger partial charge on any atom is -0.386 e. The molecule has 3 atom stereocenters. The monoisotopic (exact) mass is 476 g/mol. The maximum absolute atomic E-state index is 13.0. The van der Waals surface area contributed by atoms with Crippen molar-refractivity contribution in [3.63, 3.8) is 0 Å². The summed E-state index contributed by atoms with van der Waals surface area (Å²) in [6.45, 7) is 4.93. The molecule has 2 aromatic heterocycles. The largest absolute Gasteiger partial charge is 0.386 e. The van der Waals surface area contributed by atoms with Crippen molar-refractivity contribution in [3.8, 4) is 0 Å². The summed E-state index contributed by atoms with van der Waals surface area (Å²) in [5, 5.41) is 11.2. The summed E-state index contributed by atoms with van der Waals surface area (Å²) in [5.74, 6) is -0.0207. The lowest BCUT2D eigenvalue weighted by atomic mass is 9.77. The van der Waals surface area contributed by atoms with Crippen molar-refractivity contribution < 1.29 is 14.6 Å². The molecule has 2 aliphatic rings. The summed E-state index contributed by atoms with van der Waals surface area (Å²) in [4.78, 5) is 44.2. The van der Waals surface area contributed by atoms with Crippen LogP contribution in [-0.2, 0) is 23.6 Å². The summed E-state index contributed by atoms with van der Waals surface area (Å²) in [6.07, 6.45) is 5.83. The van der Waals surface area contributed by atoms with Crippen molar-refractivity contribution >= 4 is 17.1 Å². The number of piperidine rings is 1. The first kappa shape index (κ1) is 24.6. The highest BCUT2D eigenvalue weighted by Crippen LogP contribution is 2.44. The molecule has 34 heavy (non-hydrogen) atoms. The normalized spacial score (nSPS) is 25.7. The molecule has 11 heteroatoms. The van der Waals surface area contributed by atoms with Gasteiger partial charge in [-0.2, -0.15) is 0 Å². The van der Waals surface area contributed by atoms with Crippen molar-refractivity contribution in [1.82, 2.24) is 23.6 Å². The predicted octanol–water partition coefficient (Wildman–Crippen LogP) is 0.0248. The maximum Gasteiger partial charge on any atom is 0.332 e. The van der Waals surface area contributed by atoms with Gasteiger partial charge >= 0.3 is 5.69 Å². The molecule has 3 N–H and O–H groups in total. The Morgan fingerprint density at radius 3 is 2.62 bits per heavy atom. The zero-order valence-corrected chi connectivity index (χ0v) is 20.5. The van der Waals surface area contributed by atoms with Gasteiger partial charge in [-0.05, 0) is 26.2 Å². The van der Waals surface area contributed by atoms with Gasteiger partial charge in [-0.3, -0.25) is 18.7 Å². The van der Waals surface area contributed by atoms with Gasteiger partial charge in [0.15, 0.2) is 11.2 Å². The van der Waals surface area contributed by atoms with Crippen LogP contribution in [0.25, 0.3) is 11.2 Å². The number of nitrogens with two attached hydrogens (primary N) is 1. The Hall–Kier alpha value is -2.50. The van der Waals surface area contributed by atoms with Gasteiger partial charge in [0, 0.05) is 33.6 Å². The van der Waals surface area contributed by atoms with E-state index in [0.717, 1.165) is 17.4 Å². The number of hydrogen-bond acceptors (Lipinski definition) is 7. The van der Waals surface area contributed by atoms with E-state index in [0.29, 0.717) is 38.8 Å². The van der Waals surface area contributed by atoms with Crippen LogP contribution in [0.15, 0.2) is 15.9 Å². The number of rotatable bonds is 5. The molecule has 2 aliphatic heterocycles. The number of nitrogens with zero attached hydrogens (tertiary/aromatic N) is 5. The first-order valence-corrected chi connectivity index (χ1v) is 12.0. The van der Waals surface area contributed by atoms with Crippen molar-refractivity contribution in [2.45, 2.75) is 75.7 Å². The number of unbranched alkanes of at least 4 members (excludes halogenated alkanes) is 1. The number of aromatic nitrogens is 4. The number of aryl methyl sites for hydroxylation is 1. The third kappa shape index (κ3) is 4.09. The zero-order chi connectivity index (χ0) is 24.8. The third-order valence-electron chi connectivity index (χ3n) is 7.64. The SMILES string of the molecule is CCCC[C@H](N)C(=O)N1CCC2(CC1)C[C@H](n1cnc3c1c(=O)n(C)c(=O)n3C)[C@@](C)(O)CO2. The number of aliphatic hydroxyl groups is 1. The number of carbonyl (C=O) groups is 1. The molecule has 1 spiro atoms. The molecule has 0 radical (unpaired) electrons. The molecule has 2 fully saturated rings. The lowest BCUT2D eigenvalue weighted by molar-refractivity contribution is -0.201. The van der Waals surface area contributed by atoms with Crippen LogP contribution >= 0.6 is 0 Å². The Labute approximate surface area is 198 Å². The Kier molecular flexibility index (Phi) is 6.47. The fourth-order valence-electron chi connectivity index (χ4n) is 5.29. The van der Waals surface area contributed by atoms with Gasteiger partial charge in [-0.1, -0.05) is 19.8 Å². The third-order valence-corrected chi connectivity index (χ3v) is 7.64. The van der Waals surface area contributed by atoms with Crippen molar-refractivity contribution in [1.29, 1.82) is 0 Å². The summed E-state index contributed by atoms with van der Waals surface area (Å²) in [7, 11) is 3.01. The van der Waals surface area contributed by atoms with Crippen LogP contribution in [0.2, 0.25) is 0 Å². The minimum atomic E-state index is -1.24. The fraction of sp³-hybridized carbons (Fsp3) is 0.739. The number of hydrogen-bond donors (Lipinski definition) is 2. The lowest BCUT2D eigenvalue weighted by Gasteiger charge is -2.51. The van der Waals surface area contributed by atoms with E-state index in [-0.39, 0.29) is 23.7 Å². The van der Waals surface area contributed by atoms with E-state index in [1.807, 2.05) is 4.90 Å². The number of imidazole rings is 1. The van der Waals surface area contributed by atoms with Crippen molar-refractivity contribution in [3.05, 3.63) is 27.2 Å². The van der Waals surface area contributed by atoms with E-state index in [4.69, 9.17) is 10.5 Å². The van der Waals surface area contributed by atoms with Crippen LogP contribution in [0.3, 0.4) is 0 Å². The lowest BCUT2D eigenvalue weighted by Crippen LogP contribution is -2.58. The van der Waals surface area contributed by atoms with Gasteiger partial charge in [-0.25, -0.2) is 9.78 Å². The van der Waals surface area contributed by atoms with Crippen LogP contribution in [0.5, 0.6) is 0 Å². The summed E-state index contributed by atoms with van der Waals surface area (Å²) >= 11 is 0. The molecule has 188 valence electrons. The van der Waals surface area contributed by atoms with Crippen LogP contribution in [0, 0.1) is 0 Å². The minimum absolute atomic E-state index is 0.0207. The molecule has 4 heterocycles. The van der Waals surface area contributed by atoms with E-state index < -0.39 is 34.5 Å². The summed E-state index contributed by atoms with van der Waals surface area (Å²) < 4.78 is 10.3. The topological polar surface area (TPSA) is 138 Å². The molecular formula is C23H36N6O5. The van der Waals surface area contributed by atoms with Gasteiger partial charge in [0.2, 0.25) is 5.91 Å².